The molecular weight excluding hydrogens is 534 g/mol. The molecule has 3 aromatic carbocycles. The fraction of sp³-hybridized carbons (Fsp3) is 0.194. The Hall–Kier alpha value is -5.17. The highest BCUT2D eigenvalue weighted by Crippen LogP contribution is 2.52. The number of rotatable bonds is 4. The highest BCUT2D eigenvalue weighted by molar-refractivity contribution is 6.22. The van der Waals surface area contributed by atoms with Crippen molar-refractivity contribution in [2.75, 3.05) is 0 Å². The van der Waals surface area contributed by atoms with Crippen molar-refractivity contribution >= 4 is 28.5 Å². The molecule has 4 heterocycles. The first kappa shape index (κ1) is 25.5. The second-order valence-electron chi connectivity index (χ2n) is 12.1. The van der Waals surface area contributed by atoms with Crippen LogP contribution in [-0.4, -0.2) is 36.3 Å². The van der Waals surface area contributed by atoms with Crippen molar-refractivity contribution in [2.45, 2.75) is 39.2 Å². The normalized spacial score (nSPS) is 19.7. The zero-order valence-corrected chi connectivity index (χ0v) is 24.2. The van der Waals surface area contributed by atoms with Crippen molar-refractivity contribution in [3.63, 3.8) is 0 Å². The lowest BCUT2D eigenvalue weighted by Crippen LogP contribution is -2.56. The Balaban J connectivity index is 1.27. The Bertz CT molecular complexity index is 2090. The highest BCUT2D eigenvalue weighted by Gasteiger charge is 2.55. The molecule has 0 radical (unpaired) electrons. The molecule has 2 aliphatic rings. The number of nitrogens with zero attached hydrogens (tertiary/aromatic N) is 5. The molecule has 3 aromatic heterocycles. The van der Waals surface area contributed by atoms with Crippen molar-refractivity contribution in [3.8, 4) is 22.4 Å². The van der Waals surface area contributed by atoms with Crippen molar-refractivity contribution in [3.05, 3.63) is 119 Å². The van der Waals surface area contributed by atoms with Crippen LogP contribution in [0.2, 0.25) is 0 Å². The van der Waals surface area contributed by atoms with E-state index in [1.165, 1.54) is 4.90 Å². The largest absolute Gasteiger partial charge is 0.269 e. The van der Waals surface area contributed by atoms with E-state index in [4.69, 9.17) is 4.98 Å². The molecule has 2 amide bonds. The van der Waals surface area contributed by atoms with E-state index in [9.17, 15) is 9.59 Å². The van der Waals surface area contributed by atoms with E-state index in [2.05, 4.69) is 78.5 Å². The predicted molar refractivity (Wildman–Crippen MR) is 166 cm³/mol. The van der Waals surface area contributed by atoms with E-state index >= 15 is 0 Å². The van der Waals surface area contributed by atoms with E-state index in [1.807, 2.05) is 31.3 Å². The van der Waals surface area contributed by atoms with Crippen LogP contribution >= 0.6 is 0 Å². The summed E-state index contributed by atoms with van der Waals surface area (Å²) < 4.78 is 1.80. The lowest BCUT2D eigenvalue weighted by molar-refractivity contribution is -0.00198. The van der Waals surface area contributed by atoms with Crippen LogP contribution in [0, 0.1) is 19.8 Å². The number of hydrogen-bond donors (Lipinski definition) is 0. The molecule has 0 unspecified atom stereocenters. The minimum Gasteiger partial charge on any atom is -0.269 e. The number of pyridine rings is 1. The van der Waals surface area contributed by atoms with Gasteiger partial charge < -0.3 is 0 Å². The van der Waals surface area contributed by atoms with Crippen LogP contribution in [0.5, 0.6) is 0 Å². The summed E-state index contributed by atoms with van der Waals surface area (Å²) in [4.78, 5) is 38.4. The highest BCUT2D eigenvalue weighted by atomic mass is 16.2. The fourth-order valence-corrected chi connectivity index (χ4v) is 7.06. The molecule has 0 atom stereocenters. The lowest BCUT2D eigenvalue weighted by atomic mass is 9.64. The molecule has 1 saturated carbocycles. The van der Waals surface area contributed by atoms with E-state index in [0.29, 0.717) is 17.0 Å². The van der Waals surface area contributed by atoms with E-state index < -0.39 is 5.54 Å². The van der Waals surface area contributed by atoms with Gasteiger partial charge >= 0.3 is 0 Å². The lowest BCUT2D eigenvalue weighted by Gasteiger charge is -2.51. The van der Waals surface area contributed by atoms with Gasteiger partial charge in [0.05, 0.1) is 28.1 Å². The van der Waals surface area contributed by atoms with Gasteiger partial charge in [-0.05, 0) is 61.9 Å². The molecule has 7 heteroatoms. The van der Waals surface area contributed by atoms with Gasteiger partial charge in [0.25, 0.3) is 11.8 Å². The third-order valence-corrected chi connectivity index (χ3v) is 9.00. The van der Waals surface area contributed by atoms with Crippen LogP contribution in [0.4, 0.5) is 0 Å². The molecule has 0 saturated heterocycles. The molecule has 0 N–H and O–H groups in total. The number of hydrogen-bond acceptors (Lipinski definition) is 5. The van der Waals surface area contributed by atoms with Gasteiger partial charge in [-0.2, -0.15) is 9.61 Å². The van der Waals surface area contributed by atoms with Gasteiger partial charge in [-0.25, -0.2) is 9.97 Å². The first-order valence-electron chi connectivity index (χ1n) is 14.6. The molecule has 6 aromatic rings. The van der Waals surface area contributed by atoms with Crippen LogP contribution in [-0.2, 0) is 5.54 Å². The van der Waals surface area contributed by atoms with Crippen molar-refractivity contribution < 1.29 is 9.59 Å². The Labute approximate surface area is 248 Å². The van der Waals surface area contributed by atoms with Gasteiger partial charge in [0.2, 0.25) is 0 Å². The van der Waals surface area contributed by atoms with Gasteiger partial charge in [0, 0.05) is 28.8 Å². The van der Waals surface area contributed by atoms with E-state index in [-0.39, 0.29) is 11.8 Å². The monoisotopic (exact) mass is 563 g/mol. The number of carbonyl (C=O) groups excluding carboxylic acids is 2. The standard InChI is InChI=1S/C36H29N5O2/c1-21-7-6-8-25(15-21)30-17-26-20-37-31-16-23(3)39-41(31)33(26)38-32(30)24-11-13-27(14-12-24)36(18-22(2)19-36)40-34(42)28-9-4-5-10-29(28)35(40)43/h4-17,20,22H,18-19H2,1-3H3. The SMILES string of the molecule is Cc1cccc(-c2cc3cnc4cc(C)nn4c3nc2-c2ccc(C3(N4C(=O)c5ccccc5C4=O)CC(C)C3)cc2)c1. The summed E-state index contributed by atoms with van der Waals surface area (Å²) >= 11 is 0. The van der Waals surface area contributed by atoms with Gasteiger partial charge in [0.15, 0.2) is 11.3 Å². The summed E-state index contributed by atoms with van der Waals surface area (Å²) in [5, 5.41) is 5.57. The van der Waals surface area contributed by atoms with Crippen molar-refractivity contribution in [1.82, 2.24) is 24.5 Å². The smallest absolute Gasteiger partial charge is 0.262 e. The van der Waals surface area contributed by atoms with E-state index in [1.54, 1.807) is 16.6 Å². The first-order valence-corrected chi connectivity index (χ1v) is 14.6. The number of carbonyl (C=O) groups is 2. The van der Waals surface area contributed by atoms with Crippen LogP contribution in [0.3, 0.4) is 0 Å². The summed E-state index contributed by atoms with van der Waals surface area (Å²) in [6.45, 7) is 6.21. The second kappa shape index (κ2) is 9.16. The molecular formula is C36H29N5O2. The summed E-state index contributed by atoms with van der Waals surface area (Å²) in [7, 11) is 0. The van der Waals surface area contributed by atoms with Crippen LogP contribution < -0.4 is 0 Å². The minimum atomic E-state index is -0.661. The number of aryl methyl sites for hydroxylation is 2. The molecule has 0 spiro atoms. The van der Waals surface area contributed by atoms with Gasteiger partial charge in [-0.3, -0.25) is 14.5 Å². The fourth-order valence-electron chi connectivity index (χ4n) is 7.06. The number of aromatic nitrogens is 4. The van der Waals surface area contributed by atoms with Gasteiger partial charge in [-0.1, -0.05) is 73.2 Å². The second-order valence-corrected chi connectivity index (χ2v) is 12.1. The molecule has 210 valence electrons. The van der Waals surface area contributed by atoms with E-state index in [0.717, 1.165) is 68.7 Å². The Morgan fingerprint density at radius 3 is 2.19 bits per heavy atom. The summed E-state index contributed by atoms with van der Waals surface area (Å²) in [6, 6.07) is 27.9. The average molecular weight is 564 g/mol. The number of benzene rings is 3. The summed E-state index contributed by atoms with van der Waals surface area (Å²) in [5.41, 5.74) is 8.67. The molecule has 0 bridgehead atoms. The molecule has 1 aliphatic carbocycles. The number of imide groups is 1. The van der Waals surface area contributed by atoms with Crippen LogP contribution in [0.15, 0.2) is 91.1 Å². The quantitative estimate of drug-likeness (QED) is 0.213. The van der Waals surface area contributed by atoms with Crippen molar-refractivity contribution in [2.24, 2.45) is 5.92 Å². The maximum Gasteiger partial charge on any atom is 0.262 e. The van der Waals surface area contributed by atoms with Gasteiger partial charge in [-0.15, -0.1) is 0 Å². The topological polar surface area (TPSA) is 80.5 Å². The van der Waals surface area contributed by atoms with Gasteiger partial charge in [0.1, 0.15) is 0 Å². The third-order valence-electron chi connectivity index (χ3n) is 9.00. The maximum absolute atomic E-state index is 13.6. The third kappa shape index (κ3) is 3.77. The Morgan fingerprint density at radius 1 is 0.791 bits per heavy atom. The van der Waals surface area contributed by atoms with Crippen LogP contribution in [0.25, 0.3) is 39.1 Å². The Kier molecular flexibility index (Phi) is 5.44. The molecule has 1 fully saturated rings. The molecule has 7 nitrogen and oxygen atoms in total. The first-order chi connectivity index (χ1) is 20.8. The molecule has 43 heavy (non-hydrogen) atoms. The zero-order valence-electron chi connectivity index (χ0n) is 24.2. The Morgan fingerprint density at radius 2 is 1.51 bits per heavy atom. The predicted octanol–water partition coefficient (Wildman–Crippen LogP) is 7.15. The summed E-state index contributed by atoms with van der Waals surface area (Å²) in [6.07, 6.45) is 3.34. The van der Waals surface area contributed by atoms with Crippen molar-refractivity contribution in [1.29, 1.82) is 0 Å². The van der Waals surface area contributed by atoms with Crippen LogP contribution in [0.1, 0.15) is 57.3 Å². The summed E-state index contributed by atoms with van der Waals surface area (Å²) in [5.74, 6) is -0.00379. The maximum atomic E-state index is 13.6. The molecule has 8 rings (SSSR count). The minimum absolute atomic E-state index is 0.207. The molecule has 1 aliphatic heterocycles. The zero-order chi connectivity index (χ0) is 29.5. The number of amides is 2. The average Bonchev–Trinajstić information content (AvgIpc) is 3.51. The number of fused-ring (bicyclic) bond motifs is 4.